The van der Waals surface area contributed by atoms with E-state index in [1.807, 2.05) is 24.3 Å². The highest BCUT2D eigenvalue weighted by Crippen LogP contribution is 2.34. The number of aryl methyl sites for hydroxylation is 1. The van der Waals surface area contributed by atoms with Crippen LogP contribution in [-0.4, -0.2) is 29.7 Å². The van der Waals surface area contributed by atoms with Crippen LogP contribution in [0.5, 0.6) is 0 Å². The lowest BCUT2D eigenvalue weighted by molar-refractivity contribution is 0.225. The minimum absolute atomic E-state index is 0.733. The second-order valence-corrected chi connectivity index (χ2v) is 7.98. The van der Waals surface area contributed by atoms with Crippen LogP contribution in [0.15, 0.2) is 34.4 Å². The standard InChI is InChI=1S/C22H27ClN2O/c23-19-9-6-8-18(16-19)22-20-15-17(10-11-21(20)26-24-22)7-2-5-14-25-12-3-1-4-13-25/h6,8-9,15-16H,1-5,7,10-14H2. The number of aromatic nitrogens is 1. The molecule has 0 bridgehead atoms. The van der Waals surface area contributed by atoms with Gasteiger partial charge in [-0.1, -0.05) is 40.9 Å². The maximum absolute atomic E-state index is 6.14. The Morgan fingerprint density at radius 1 is 1.08 bits per heavy atom. The van der Waals surface area contributed by atoms with Gasteiger partial charge in [-0.2, -0.15) is 0 Å². The van der Waals surface area contributed by atoms with Crippen molar-refractivity contribution in [1.29, 1.82) is 0 Å². The normalized spacial score (nSPS) is 17.8. The van der Waals surface area contributed by atoms with E-state index < -0.39 is 0 Å². The first-order valence-electron chi connectivity index (χ1n) is 9.96. The molecule has 3 nitrogen and oxygen atoms in total. The lowest BCUT2D eigenvalue weighted by Gasteiger charge is -2.26. The summed E-state index contributed by atoms with van der Waals surface area (Å²) in [6.07, 6.45) is 12.3. The molecule has 0 amide bonds. The minimum Gasteiger partial charge on any atom is -0.360 e. The molecule has 0 spiro atoms. The Morgan fingerprint density at radius 3 is 2.81 bits per heavy atom. The lowest BCUT2D eigenvalue weighted by Crippen LogP contribution is -2.30. The molecule has 4 rings (SSSR count). The Bertz CT molecular complexity index is 774. The number of likely N-dealkylation sites (tertiary alicyclic amines) is 1. The molecule has 0 saturated carbocycles. The van der Waals surface area contributed by atoms with Crippen molar-refractivity contribution in [1.82, 2.24) is 10.1 Å². The van der Waals surface area contributed by atoms with E-state index in [1.54, 1.807) is 0 Å². The SMILES string of the molecule is Clc1cccc(-c2noc3c2C=C(CCCCN2CCCCC2)CC3)c1. The molecule has 1 aliphatic heterocycles. The molecule has 4 heteroatoms. The Labute approximate surface area is 161 Å². The number of nitrogens with zero attached hydrogens (tertiary/aromatic N) is 2. The van der Waals surface area contributed by atoms with Crippen molar-refractivity contribution in [3.63, 3.8) is 0 Å². The van der Waals surface area contributed by atoms with Gasteiger partial charge in [0.15, 0.2) is 0 Å². The van der Waals surface area contributed by atoms with Crippen molar-refractivity contribution < 1.29 is 4.52 Å². The van der Waals surface area contributed by atoms with Crippen LogP contribution in [0.3, 0.4) is 0 Å². The first kappa shape index (κ1) is 17.8. The molecule has 1 aromatic heterocycles. The fourth-order valence-corrected chi connectivity index (χ4v) is 4.31. The summed E-state index contributed by atoms with van der Waals surface area (Å²) in [6, 6.07) is 7.86. The maximum atomic E-state index is 6.14. The number of piperidine rings is 1. The van der Waals surface area contributed by atoms with E-state index in [4.69, 9.17) is 16.1 Å². The van der Waals surface area contributed by atoms with Gasteiger partial charge in [0.2, 0.25) is 0 Å². The van der Waals surface area contributed by atoms with Crippen LogP contribution in [-0.2, 0) is 6.42 Å². The van der Waals surface area contributed by atoms with E-state index >= 15 is 0 Å². The van der Waals surface area contributed by atoms with Gasteiger partial charge in [0.25, 0.3) is 0 Å². The predicted molar refractivity (Wildman–Crippen MR) is 107 cm³/mol. The van der Waals surface area contributed by atoms with E-state index in [9.17, 15) is 0 Å². The predicted octanol–water partition coefficient (Wildman–Crippen LogP) is 5.98. The minimum atomic E-state index is 0.733. The topological polar surface area (TPSA) is 29.3 Å². The first-order chi connectivity index (χ1) is 12.8. The number of fused-ring (bicyclic) bond motifs is 1. The molecular formula is C22H27ClN2O. The monoisotopic (exact) mass is 370 g/mol. The van der Waals surface area contributed by atoms with Crippen molar-refractivity contribution >= 4 is 17.7 Å². The van der Waals surface area contributed by atoms with E-state index in [1.165, 1.54) is 63.7 Å². The molecule has 138 valence electrons. The highest BCUT2D eigenvalue weighted by molar-refractivity contribution is 6.30. The van der Waals surface area contributed by atoms with E-state index in [-0.39, 0.29) is 0 Å². The van der Waals surface area contributed by atoms with Crippen LogP contribution < -0.4 is 0 Å². The molecule has 0 atom stereocenters. The second kappa shape index (κ2) is 8.41. The van der Waals surface area contributed by atoms with Gasteiger partial charge in [-0.05, 0) is 76.4 Å². The molecule has 26 heavy (non-hydrogen) atoms. The van der Waals surface area contributed by atoms with E-state index in [0.29, 0.717) is 0 Å². The van der Waals surface area contributed by atoms with Crippen molar-refractivity contribution in [2.24, 2.45) is 0 Å². The van der Waals surface area contributed by atoms with Crippen molar-refractivity contribution in [2.75, 3.05) is 19.6 Å². The summed E-state index contributed by atoms with van der Waals surface area (Å²) in [7, 11) is 0. The molecule has 0 unspecified atom stereocenters. The highest BCUT2D eigenvalue weighted by atomic mass is 35.5. The van der Waals surface area contributed by atoms with Gasteiger partial charge in [0, 0.05) is 22.6 Å². The van der Waals surface area contributed by atoms with Crippen molar-refractivity contribution in [2.45, 2.75) is 51.4 Å². The van der Waals surface area contributed by atoms with Gasteiger partial charge in [0.05, 0.1) is 0 Å². The summed E-state index contributed by atoms with van der Waals surface area (Å²) < 4.78 is 5.59. The molecule has 0 N–H and O–H groups in total. The Kier molecular flexibility index (Phi) is 5.76. The summed E-state index contributed by atoms with van der Waals surface area (Å²) in [6.45, 7) is 3.87. The highest BCUT2D eigenvalue weighted by Gasteiger charge is 2.20. The van der Waals surface area contributed by atoms with Gasteiger partial charge >= 0.3 is 0 Å². The third kappa shape index (κ3) is 4.21. The molecule has 2 aliphatic rings. The number of hydrogen-bond acceptors (Lipinski definition) is 3. The van der Waals surface area contributed by atoms with Crippen LogP contribution in [0.4, 0.5) is 0 Å². The first-order valence-corrected chi connectivity index (χ1v) is 10.3. The molecule has 1 aromatic carbocycles. The van der Waals surface area contributed by atoms with Crippen molar-refractivity contribution in [3.05, 3.63) is 46.2 Å². The molecule has 0 radical (unpaired) electrons. The second-order valence-electron chi connectivity index (χ2n) is 7.54. The molecule has 1 aliphatic carbocycles. The number of unbranched alkanes of at least 4 members (excludes halogenated alkanes) is 1. The van der Waals surface area contributed by atoms with Gasteiger partial charge in [-0.25, -0.2) is 0 Å². The summed E-state index contributed by atoms with van der Waals surface area (Å²) >= 11 is 6.14. The molecule has 2 heterocycles. The zero-order valence-corrected chi connectivity index (χ0v) is 16.1. The smallest absolute Gasteiger partial charge is 0.144 e. The molecule has 2 aromatic rings. The number of hydrogen-bond donors (Lipinski definition) is 0. The number of rotatable bonds is 6. The fourth-order valence-electron chi connectivity index (χ4n) is 4.12. The van der Waals surface area contributed by atoms with Gasteiger partial charge in [0.1, 0.15) is 11.5 Å². The number of halogens is 1. The van der Waals surface area contributed by atoms with Gasteiger partial charge in [-0.3, -0.25) is 0 Å². The average Bonchev–Trinajstić information content (AvgIpc) is 3.09. The van der Waals surface area contributed by atoms with Gasteiger partial charge in [-0.15, -0.1) is 0 Å². The van der Waals surface area contributed by atoms with Crippen LogP contribution in [0.25, 0.3) is 17.3 Å². The summed E-state index contributed by atoms with van der Waals surface area (Å²) in [5.41, 5.74) is 4.64. The van der Waals surface area contributed by atoms with Crippen LogP contribution in [0.1, 0.15) is 56.3 Å². The van der Waals surface area contributed by atoms with E-state index in [0.717, 1.165) is 40.4 Å². The number of benzene rings is 1. The summed E-state index contributed by atoms with van der Waals surface area (Å²) in [5.74, 6) is 1.01. The average molecular weight is 371 g/mol. The van der Waals surface area contributed by atoms with Gasteiger partial charge < -0.3 is 9.42 Å². The molecule has 1 fully saturated rings. The lowest BCUT2D eigenvalue weighted by atomic mass is 9.92. The Hall–Kier alpha value is -1.58. The largest absolute Gasteiger partial charge is 0.360 e. The van der Waals surface area contributed by atoms with Crippen LogP contribution >= 0.6 is 11.6 Å². The number of allylic oxidation sites excluding steroid dienone is 1. The summed E-state index contributed by atoms with van der Waals surface area (Å²) in [4.78, 5) is 2.63. The fraction of sp³-hybridized carbons (Fsp3) is 0.500. The Balaban J connectivity index is 1.38. The quantitative estimate of drug-likeness (QED) is 0.585. The van der Waals surface area contributed by atoms with Crippen LogP contribution in [0.2, 0.25) is 5.02 Å². The maximum Gasteiger partial charge on any atom is 0.144 e. The molecule has 1 saturated heterocycles. The van der Waals surface area contributed by atoms with Crippen molar-refractivity contribution in [3.8, 4) is 11.3 Å². The third-order valence-electron chi connectivity index (χ3n) is 5.59. The van der Waals surface area contributed by atoms with Crippen LogP contribution in [0, 0.1) is 0 Å². The summed E-state index contributed by atoms with van der Waals surface area (Å²) in [5, 5.41) is 5.05. The molecular weight excluding hydrogens is 344 g/mol. The zero-order valence-electron chi connectivity index (χ0n) is 15.3. The van der Waals surface area contributed by atoms with E-state index in [2.05, 4.69) is 16.1 Å². The Morgan fingerprint density at radius 2 is 1.96 bits per heavy atom. The zero-order chi connectivity index (χ0) is 17.8. The third-order valence-corrected chi connectivity index (χ3v) is 5.83.